The number of guanidine groups is 1. The Hall–Kier alpha value is -3.37. The van der Waals surface area contributed by atoms with Gasteiger partial charge in [0.2, 0.25) is 17.7 Å². The number of nitrogens with zero attached hydrogens (tertiary/aromatic N) is 2. The van der Waals surface area contributed by atoms with Gasteiger partial charge in [0.15, 0.2) is 5.96 Å². The maximum Gasteiger partial charge on any atom is 0.326 e. The number of aromatic amines is 1. The second-order valence-electron chi connectivity index (χ2n) is 8.31. The zero-order valence-corrected chi connectivity index (χ0v) is 21.7. The molecule has 0 spiro atoms. The van der Waals surface area contributed by atoms with Gasteiger partial charge in [-0.3, -0.25) is 19.4 Å². The minimum absolute atomic E-state index is 0.0880. The van der Waals surface area contributed by atoms with Crippen LogP contribution in [0.15, 0.2) is 17.5 Å². The van der Waals surface area contributed by atoms with Crippen molar-refractivity contribution in [3.63, 3.8) is 0 Å². The third kappa shape index (κ3) is 11.9. The van der Waals surface area contributed by atoms with Crippen LogP contribution in [0.4, 0.5) is 0 Å². The van der Waals surface area contributed by atoms with Gasteiger partial charge in [-0.25, -0.2) is 9.78 Å². The summed E-state index contributed by atoms with van der Waals surface area (Å²) in [6.45, 7) is 1.45. The number of carbonyl (C=O) groups is 4. The van der Waals surface area contributed by atoms with Crippen molar-refractivity contribution in [3.8, 4) is 0 Å². The number of nitrogens with one attached hydrogen (secondary N) is 4. The lowest BCUT2D eigenvalue weighted by atomic mass is 10.1. The van der Waals surface area contributed by atoms with E-state index in [1.165, 1.54) is 31.2 Å². The molecule has 0 aliphatic rings. The molecule has 0 aliphatic carbocycles. The van der Waals surface area contributed by atoms with Gasteiger partial charge in [-0.1, -0.05) is 0 Å². The molecule has 5 atom stereocenters. The van der Waals surface area contributed by atoms with Crippen LogP contribution < -0.4 is 33.2 Å². The van der Waals surface area contributed by atoms with E-state index in [0.29, 0.717) is 17.9 Å². The van der Waals surface area contributed by atoms with Crippen molar-refractivity contribution in [2.75, 3.05) is 18.6 Å². The lowest BCUT2D eigenvalue weighted by Gasteiger charge is -2.26. The third-order valence-electron chi connectivity index (χ3n) is 5.20. The van der Waals surface area contributed by atoms with Crippen LogP contribution >= 0.6 is 11.8 Å². The van der Waals surface area contributed by atoms with Gasteiger partial charge >= 0.3 is 5.97 Å². The second kappa shape index (κ2) is 16.4. The highest BCUT2D eigenvalue weighted by Gasteiger charge is 2.32. The first kappa shape index (κ1) is 31.7. The van der Waals surface area contributed by atoms with Crippen molar-refractivity contribution >= 4 is 41.4 Å². The first-order chi connectivity index (χ1) is 17.5. The number of aliphatic hydroxyl groups excluding tert-OH is 1. The van der Waals surface area contributed by atoms with Crippen LogP contribution in [-0.2, 0) is 25.6 Å². The number of carboxylic acids is 1. The predicted molar refractivity (Wildman–Crippen MR) is 138 cm³/mol. The first-order valence-corrected chi connectivity index (χ1v) is 12.9. The van der Waals surface area contributed by atoms with Crippen molar-refractivity contribution in [3.05, 3.63) is 18.2 Å². The van der Waals surface area contributed by atoms with Crippen molar-refractivity contribution < 1.29 is 29.4 Å². The largest absolute Gasteiger partial charge is 0.480 e. The number of hydrogen-bond donors (Lipinski definition) is 9. The summed E-state index contributed by atoms with van der Waals surface area (Å²) >= 11 is 1.41. The van der Waals surface area contributed by atoms with Gasteiger partial charge in [0, 0.05) is 24.9 Å². The number of aliphatic carboxylic acids is 1. The number of carboxylic acid groups (broad SMARTS) is 1. The fraction of sp³-hybridized carbons (Fsp3) is 0.619. The fourth-order valence-electron chi connectivity index (χ4n) is 3.19. The Morgan fingerprint density at radius 1 is 1.11 bits per heavy atom. The second-order valence-corrected chi connectivity index (χ2v) is 9.29. The lowest BCUT2D eigenvalue weighted by Crippen LogP contribution is -2.60. The highest BCUT2D eigenvalue weighted by Crippen LogP contribution is 2.06. The molecule has 0 bridgehead atoms. The molecular formula is C21H37N9O6S. The Bertz CT molecular complexity index is 908. The molecule has 1 heterocycles. The zero-order chi connectivity index (χ0) is 28.0. The summed E-state index contributed by atoms with van der Waals surface area (Å²) in [5, 5.41) is 26.8. The minimum atomic E-state index is -1.47. The van der Waals surface area contributed by atoms with E-state index in [9.17, 15) is 29.4 Å². The molecule has 1 rings (SSSR count). The van der Waals surface area contributed by atoms with Crippen molar-refractivity contribution in [2.24, 2.45) is 22.2 Å². The van der Waals surface area contributed by atoms with Crippen LogP contribution in [0, 0.1) is 0 Å². The van der Waals surface area contributed by atoms with Gasteiger partial charge in [0.25, 0.3) is 0 Å². The van der Waals surface area contributed by atoms with Gasteiger partial charge in [-0.15, -0.1) is 0 Å². The number of hydrogen-bond acceptors (Lipinski definition) is 9. The van der Waals surface area contributed by atoms with E-state index in [1.807, 2.05) is 0 Å². The standard InChI is InChI=1S/C21H37N9O6S/c1-11(31)16(19(34)29-15(20(35)36)5-7-37-2)30-18(33)14(4-3-6-26-21(23)24)28-17(32)13(22)8-12-9-25-10-27-12/h9-11,13-16,31H,3-8,22H2,1-2H3,(H,25,27)(H,28,32)(H,29,34)(H,30,33)(H,35,36)(H4,23,24,26). The van der Waals surface area contributed by atoms with Crippen molar-refractivity contribution in [1.82, 2.24) is 25.9 Å². The summed E-state index contributed by atoms with van der Waals surface area (Å²) < 4.78 is 0. The first-order valence-electron chi connectivity index (χ1n) is 11.5. The summed E-state index contributed by atoms with van der Waals surface area (Å²) in [6.07, 6.45) is 4.07. The number of aromatic nitrogens is 2. The van der Waals surface area contributed by atoms with Gasteiger partial charge in [0.05, 0.1) is 18.5 Å². The molecule has 1 aromatic rings. The molecule has 0 saturated carbocycles. The van der Waals surface area contributed by atoms with Crippen LogP contribution in [0.2, 0.25) is 0 Å². The zero-order valence-electron chi connectivity index (χ0n) is 20.8. The average Bonchev–Trinajstić information content (AvgIpc) is 3.33. The highest BCUT2D eigenvalue weighted by molar-refractivity contribution is 7.98. The van der Waals surface area contributed by atoms with Crippen LogP contribution in [-0.4, -0.2) is 98.7 Å². The Kier molecular flexibility index (Phi) is 14.0. The monoisotopic (exact) mass is 543 g/mol. The normalized spacial score (nSPS) is 14.9. The summed E-state index contributed by atoms with van der Waals surface area (Å²) in [5.74, 6) is -3.17. The Morgan fingerprint density at radius 3 is 2.32 bits per heavy atom. The summed E-state index contributed by atoms with van der Waals surface area (Å²) in [4.78, 5) is 60.5. The molecule has 0 saturated heterocycles. The van der Waals surface area contributed by atoms with E-state index in [2.05, 4.69) is 30.9 Å². The molecule has 5 unspecified atom stereocenters. The number of carbonyl (C=O) groups excluding carboxylic acids is 3. The van der Waals surface area contributed by atoms with Crippen LogP contribution in [0.5, 0.6) is 0 Å². The van der Waals surface area contributed by atoms with E-state index in [4.69, 9.17) is 17.2 Å². The molecule has 0 aliphatic heterocycles. The van der Waals surface area contributed by atoms with Gasteiger partial charge in [0.1, 0.15) is 18.1 Å². The Balaban J connectivity index is 2.95. The van der Waals surface area contributed by atoms with E-state index in [0.717, 1.165) is 0 Å². The number of thioether (sulfide) groups is 1. The average molecular weight is 544 g/mol. The molecule has 37 heavy (non-hydrogen) atoms. The molecule has 1 aromatic heterocycles. The number of amides is 3. The topological polar surface area (TPSA) is 264 Å². The maximum atomic E-state index is 13.1. The molecule has 3 amide bonds. The van der Waals surface area contributed by atoms with Gasteiger partial charge in [-0.05, 0) is 38.2 Å². The summed E-state index contributed by atoms with van der Waals surface area (Å²) in [7, 11) is 0. The number of nitrogens with two attached hydrogens (primary N) is 3. The number of aliphatic imine (C=N–C) groups is 1. The summed E-state index contributed by atoms with van der Waals surface area (Å²) in [5.41, 5.74) is 17.2. The number of aliphatic hydroxyl groups is 1. The molecular weight excluding hydrogens is 506 g/mol. The maximum absolute atomic E-state index is 13.1. The molecule has 16 heteroatoms. The Labute approximate surface area is 218 Å². The number of imidazole rings is 1. The van der Waals surface area contributed by atoms with Crippen molar-refractivity contribution in [1.29, 1.82) is 0 Å². The fourth-order valence-corrected chi connectivity index (χ4v) is 3.66. The van der Waals surface area contributed by atoms with Crippen molar-refractivity contribution in [2.45, 2.75) is 62.9 Å². The highest BCUT2D eigenvalue weighted by atomic mass is 32.2. The SMILES string of the molecule is CSCCC(NC(=O)C(NC(=O)C(CCCN=C(N)N)NC(=O)C(N)Cc1cnc[nH]1)C(C)O)C(=O)O. The smallest absolute Gasteiger partial charge is 0.326 e. The van der Waals surface area contributed by atoms with E-state index < -0.39 is 54.0 Å². The number of rotatable bonds is 17. The van der Waals surface area contributed by atoms with Crippen LogP contribution in [0.1, 0.15) is 31.9 Å². The Morgan fingerprint density at radius 2 is 1.78 bits per heavy atom. The molecule has 0 fully saturated rings. The van der Waals surface area contributed by atoms with E-state index >= 15 is 0 Å². The lowest BCUT2D eigenvalue weighted by molar-refractivity contribution is -0.143. The van der Waals surface area contributed by atoms with E-state index in [-0.39, 0.29) is 31.8 Å². The molecule has 15 nitrogen and oxygen atoms in total. The predicted octanol–water partition coefficient (Wildman–Crippen LogP) is -2.99. The molecule has 208 valence electrons. The summed E-state index contributed by atoms with van der Waals surface area (Å²) in [6, 6.07) is -4.82. The molecule has 0 aromatic carbocycles. The van der Waals surface area contributed by atoms with Gasteiger partial charge in [-0.2, -0.15) is 11.8 Å². The minimum Gasteiger partial charge on any atom is -0.480 e. The quantitative estimate of drug-likeness (QED) is 0.0543. The van der Waals surface area contributed by atoms with E-state index in [1.54, 1.807) is 6.26 Å². The third-order valence-corrected chi connectivity index (χ3v) is 5.84. The number of H-pyrrole nitrogens is 1. The molecule has 12 N–H and O–H groups in total. The van der Waals surface area contributed by atoms with Crippen LogP contribution in [0.25, 0.3) is 0 Å². The van der Waals surface area contributed by atoms with Gasteiger partial charge < -0.3 is 48.3 Å². The van der Waals surface area contributed by atoms with Crippen LogP contribution in [0.3, 0.4) is 0 Å². The molecule has 0 radical (unpaired) electrons.